The number of likely N-dealkylation sites (tertiary alicyclic amines) is 1. The lowest BCUT2D eigenvalue weighted by molar-refractivity contribution is 0.00941. The molecule has 2 atom stereocenters. The van der Waals surface area contributed by atoms with E-state index >= 15 is 0 Å². The van der Waals surface area contributed by atoms with Gasteiger partial charge in [-0.15, -0.1) is 0 Å². The molecule has 18 heavy (non-hydrogen) atoms. The van der Waals surface area contributed by atoms with Crippen molar-refractivity contribution in [2.24, 2.45) is 23.2 Å². The summed E-state index contributed by atoms with van der Waals surface area (Å²) in [7, 11) is 0. The molecule has 1 saturated carbocycles. The van der Waals surface area contributed by atoms with Crippen molar-refractivity contribution in [1.82, 2.24) is 4.90 Å². The molecule has 0 bridgehead atoms. The van der Waals surface area contributed by atoms with E-state index in [9.17, 15) is 5.11 Å². The molecule has 1 saturated heterocycles. The first kappa shape index (κ1) is 14.3. The standard InChI is InChI=1S/C16H31NO/c1-13-4-6-16(12-18,7-5-13)11-17-9-14(2)8-15(3)10-17/h13-15,18H,4-12H2,1-3H3. The van der Waals surface area contributed by atoms with E-state index in [0.717, 1.165) is 24.3 Å². The fourth-order valence-electron chi connectivity index (χ4n) is 4.14. The summed E-state index contributed by atoms with van der Waals surface area (Å²) in [4.78, 5) is 2.63. The Kier molecular flexibility index (Phi) is 4.71. The third-order valence-corrected chi connectivity index (χ3v) is 5.17. The van der Waals surface area contributed by atoms with Gasteiger partial charge in [-0.3, -0.25) is 0 Å². The lowest BCUT2D eigenvalue weighted by atomic mass is 9.70. The van der Waals surface area contributed by atoms with E-state index in [4.69, 9.17) is 0 Å². The first-order valence-electron chi connectivity index (χ1n) is 7.86. The number of aliphatic hydroxyl groups is 1. The van der Waals surface area contributed by atoms with Crippen LogP contribution in [0.25, 0.3) is 0 Å². The molecule has 1 aliphatic heterocycles. The van der Waals surface area contributed by atoms with Crippen LogP contribution in [0.4, 0.5) is 0 Å². The Morgan fingerprint density at radius 3 is 2.06 bits per heavy atom. The van der Waals surface area contributed by atoms with Gasteiger partial charge in [-0.05, 0) is 37.0 Å². The third-order valence-electron chi connectivity index (χ3n) is 5.17. The Morgan fingerprint density at radius 1 is 1.00 bits per heavy atom. The smallest absolute Gasteiger partial charge is 0.0499 e. The number of piperidine rings is 1. The van der Waals surface area contributed by atoms with Crippen LogP contribution in [0.5, 0.6) is 0 Å². The Morgan fingerprint density at radius 2 is 1.56 bits per heavy atom. The average Bonchev–Trinajstić information content (AvgIpc) is 2.31. The van der Waals surface area contributed by atoms with Crippen molar-refractivity contribution in [2.75, 3.05) is 26.2 Å². The molecule has 0 spiro atoms. The summed E-state index contributed by atoms with van der Waals surface area (Å²) >= 11 is 0. The fraction of sp³-hybridized carbons (Fsp3) is 1.00. The molecular formula is C16H31NO. The normalized spacial score (nSPS) is 43.0. The molecule has 1 heterocycles. The molecule has 2 nitrogen and oxygen atoms in total. The first-order valence-corrected chi connectivity index (χ1v) is 7.86. The van der Waals surface area contributed by atoms with Crippen LogP contribution in [-0.2, 0) is 0 Å². The Balaban J connectivity index is 1.93. The predicted molar refractivity (Wildman–Crippen MR) is 76.5 cm³/mol. The van der Waals surface area contributed by atoms with Crippen LogP contribution in [0.15, 0.2) is 0 Å². The van der Waals surface area contributed by atoms with E-state index < -0.39 is 0 Å². The van der Waals surface area contributed by atoms with Gasteiger partial charge in [-0.1, -0.05) is 33.6 Å². The van der Waals surface area contributed by atoms with Crippen LogP contribution in [0, 0.1) is 23.2 Å². The molecule has 2 rings (SSSR count). The number of aliphatic hydroxyl groups excluding tert-OH is 1. The molecule has 2 heteroatoms. The van der Waals surface area contributed by atoms with Crippen LogP contribution >= 0.6 is 0 Å². The maximum atomic E-state index is 9.86. The summed E-state index contributed by atoms with van der Waals surface area (Å²) in [6.07, 6.45) is 6.44. The van der Waals surface area contributed by atoms with Crippen LogP contribution in [0.3, 0.4) is 0 Å². The van der Waals surface area contributed by atoms with Gasteiger partial charge in [0.25, 0.3) is 0 Å². The molecule has 0 aromatic heterocycles. The lowest BCUT2D eigenvalue weighted by Crippen LogP contribution is -2.47. The van der Waals surface area contributed by atoms with E-state index in [0.29, 0.717) is 6.61 Å². The minimum atomic E-state index is 0.212. The Labute approximate surface area is 113 Å². The molecule has 0 radical (unpaired) electrons. The summed E-state index contributed by atoms with van der Waals surface area (Å²) in [5.74, 6) is 2.52. The molecule has 2 aliphatic rings. The minimum absolute atomic E-state index is 0.212. The monoisotopic (exact) mass is 253 g/mol. The van der Waals surface area contributed by atoms with Crippen molar-refractivity contribution in [1.29, 1.82) is 0 Å². The van der Waals surface area contributed by atoms with Crippen LogP contribution in [0.1, 0.15) is 52.9 Å². The molecule has 106 valence electrons. The second kappa shape index (κ2) is 5.92. The van der Waals surface area contributed by atoms with Gasteiger partial charge in [0.1, 0.15) is 0 Å². The van der Waals surface area contributed by atoms with E-state index in [1.54, 1.807) is 0 Å². The maximum absolute atomic E-state index is 9.86. The summed E-state index contributed by atoms with van der Waals surface area (Å²) < 4.78 is 0. The molecule has 2 fully saturated rings. The van der Waals surface area contributed by atoms with E-state index in [1.807, 2.05) is 0 Å². The maximum Gasteiger partial charge on any atom is 0.0499 e. The minimum Gasteiger partial charge on any atom is -0.396 e. The van der Waals surface area contributed by atoms with Gasteiger partial charge in [0.2, 0.25) is 0 Å². The highest BCUT2D eigenvalue weighted by atomic mass is 16.3. The highest BCUT2D eigenvalue weighted by Crippen LogP contribution is 2.40. The highest BCUT2D eigenvalue weighted by molar-refractivity contribution is 4.89. The predicted octanol–water partition coefficient (Wildman–Crippen LogP) is 3.15. The van der Waals surface area contributed by atoms with Crippen molar-refractivity contribution in [3.63, 3.8) is 0 Å². The first-order chi connectivity index (χ1) is 8.53. The summed E-state index contributed by atoms with van der Waals surface area (Å²) in [6, 6.07) is 0. The van der Waals surface area contributed by atoms with Crippen molar-refractivity contribution < 1.29 is 5.11 Å². The zero-order valence-electron chi connectivity index (χ0n) is 12.5. The van der Waals surface area contributed by atoms with E-state index in [1.165, 1.54) is 45.2 Å². The Bertz CT molecular complexity index is 248. The number of hydrogen-bond donors (Lipinski definition) is 1. The van der Waals surface area contributed by atoms with Crippen LogP contribution in [-0.4, -0.2) is 36.2 Å². The molecular weight excluding hydrogens is 222 g/mol. The van der Waals surface area contributed by atoms with Gasteiger partial charge in [0.05, 0.1) is 0 Å². The number of hydrogen-bond acceptors (Lipinski definition) is 2. The average molecular weight is 253 g/mol. The third kappa shape index (κ3) is 3.48. The second-order valence-electron chi connectivity index (χ2n) is 7.48. The summed E-state index contributed by atoms with van der Waals surface area (Å²) in [5.41, 5.74) is 0.212. The molecule has 0 aromatic carbocycles. The Hall–Kier alpha value is -0.0800. The van der Waals surface area contributed by atoms with Crippen molar-refractivity contribution in [2.45, 2.75) is 52.9 Å². The zero-order chi connectivity index (χ0) is 13.2. The van der Waals surface area contributed by atoms with Gasteiger partial charge in [0.15, 0.2) is 0 Å². The van der Waals surface area contributed by atoms with E-state index in [-0.39, 0.29) is 5.41 Å². The van der Waals surface area contributed by atoms with Gasteiger partial charge in [-0.2, -0.15) is 0 Å². The SMILES string of the molecule is CC1CCC(CO)(CN2CC(C)CC(C)C2)CC1. The largest absolute Gasteiger partial charge is 0.396 e. The van der Waals surface area contributed by atoms with Crippen molar-refractivity contribution in [3.05, 3.63) is 0 Å². The molecule has 0 aromatic rings. The molecule has 2 unspecified atom stereocenters. The quantitative estimate of drug-likeness (QED) is 0.835. The summed E-state index contributed by atoms with van der Waals surface area (Å²) in [5, 5.41) is 9.86. The van der Waals surface area contributed by atoms with Gasteiger partial charge in [-0.25, -0.2) is 0 Å². The van der Waals surface area contributed by atoms with Crippen molar-refractivity contribution in [3.8, 4) is 0 Å². The van der Waals surface area contributed by atoms with Gasteiger partial charge < -0.3 is 10.0 Å². The molecule has 0 amide bonds. The highest BCUT2D eigenvalue weighted by Gasteiger charge is 2.36. The fourth-order valence-corrected chi connectivity index (χ4v) is 4.14. The molecule has 1 N–H and O–H groups in total. The van der Waals surface area contributed by atoms with Crippen molar-refractivity contribution >= 4 is 0 Å². The summed E-state index contributed by atoms with van der Waals surface area (Å²) in [6.45, 7) is 11.1. The zero-order valence-corrected chi connectivity index (χ0v) is 12.5. The second-order valence-corrected chi connectivity index (χ2v) is 7.48. The van der Waals surface area contributed by atoms with Gasteiger partial charge >= 0.3 is 0 Å². The van der Waals surface area contributed by atoms with Gasteiger partial charge in [0, 0.05) is 31.7 Å². The van der Waals surface area contributed by atoms with Crippen LogP contribution in [0.2, 0.25) is 0 Å². The lowest BCUT2D eigenvalue weighted by Gasteiger charge is -2.44. The number of nitrogens with zero attached hydrogens (tertiary/aromatic N) is 1. The number of rotatable bonds is 3. The topological polar surface area (TPSA) is 23.5 Å². The van der Waals surface area contributed by atoms with Crippen LogP contribution < -0.4 is 0 Å². The molecule has 1 aliphatic carbocycles. The van der Waals surface area contributed by atoms with E-state index in [2.05, 4.69) is 25.7 Å².